The molecule has 4 heteroatoms. The van der Waals surface area contributed by atoms with Gasteiger partial charge in [0.2, 0.25) is 0 Å². The zero-order valence-electron chi connectivity index (χ0n) is 9.95. The fourth-order valence-corrected chi connectivity index (χ4v) is 2.36. The number of hydrogen-bond donors (Lipinski definition) is 2. The molecule has 0 aromatic heterocycles. The molecule has 17 heavy (non-hydrogen) atoms. The summed E-state index contributed by atoms with van der Waals surface area (Å²) in [5.74, 6) is 0.309. The molecule has 0 amide bonds. The third-order valence-electron chi connectivity index (χ3n) is 3.45. The number of anilines is 1. The van der Waals surface area contributed by atoms with Crippen molar-refractivity contribution in [1.82, 2.24) is 0 Å². The number of ether oxygens (including phenoxy) is 1. The number of hydrogen-bond acceptors (Lipinski definition) is 3. The van der Waals surface area contributed by atoms with E-state index in [4.69, 9.17) is 16.3 Å². The van der Waals surface area contributed by atoms with Crippen molar-refractivity contribution >= 4 is 17.3 Å². The van der Waals surface area contributed by atoms with Crippen LogP contribution in [0.3, 0.4) is 0 Å². The van der Waals surface area contributed by atoms with Crippen LogP contribution in [0.5, 0.6) is 0 Å². The number of aliphatic hydroxyl groups excluding tert-OH is 1. The largest absolute Gasteiger partial charge is 0.394 e. The van der Waals surface area contributed by atoms with E-state index in [1.165, 1.54) is 0 Å². The average molecular weight is 256 g/mol. The lowest BCUT2D eigenvalue weighted by atomic mass is 9.85. The van der Waals surface area contributed by atoms with Gasteiger partial charge in [-0.05, 0) is 25.5 Å². The average Bonchev–Trinajstić information content (AvgIpc) is 2.86. The molecule has 94 valence electrons. The van der Waals surface area contributed by atoms with Crippen molar-refractivity contribution in [3.63, 3.8) is 0 Å². The lowest BCUT2D eigenvalue weighted by Crippen LogP contribution is -2.46. The molecule has 1 fully saturated rings. The van der Waals surface area contributed by atoms with Crippen molar-refractivity contribution in [3.05, 3.63) is 29.3 Å². The molecular weight excluding hydrogens is 238 g/mol. The number of rotatable bonds is 4. The SMILES string of the molecule is CC(CO)(Nc1ccccc1Cl)C1CCOC1. The van der Waals surface area contributed by atoms with Crippen LogP contribution in [0.2, 0.25) is 5.02 Å². The maximum Gasteiger partial charge on any atom is 0.0662 e. The van der Waals surface area contributed by atoms with Crippen LogP contribution in [-0.2, 0) is 4.74 Å². The number of para-hydroxylation sites is 1. The number of nitrogens with one attached hydrogen (secondary N) is 1. The Bertz CT molecular complexity index is 379. The van der Waals surface area contributed by atoms with Gasteiger partial charge in [0.15, 0.2) is 0 Å². The summed E-state index contributed by atoms with van der Waals surface area (Å²) in [4.78, 5) is 0. The molecule has 2 atom stereocenters. The first-order chi connectivity index (χ1) is 8.15. The molecule has 1 aliphatic rings. The Morgan fingerprint density at radius 2 is 2.29 bits per heavy atom. The lowest BCUT2D eigenvalue weighted by Gasteiger charge is -2.35. The Labute approximate surface area is 107 Å². The molecule has 3 nitrogen and oxygen atoms in total. The van der Waals surface area contributed by atoms with Crippen molar-refractivity contribution in [3.8, 4) is 0 Å². The lowest BCUT2D eigenvalue weighted by molar-refractivity contribution is 0.137. The van der Waals surface area contributed by atoms with Gasteiger partial charge in [0, 0.05) is 12.5 Å². The van der Waals surface area contributed by atoms with Crippen molar-refractivity contribution < 1.29 is 9.84 Å². The first-order valence-corrected chi connectivity index (χ1v) is 6.25. The van der Waals surface area contributed by atoms with Crippen LogP contribution in [-0.4, -0.2) is 30.5 Å². The molecule has 0 bridgehead atoms. The number of aliphatic hydroxyl groups is 1. The number of halogens is 1. The Morgan fingerprint density at radius 3 is 2.88 bits per heavy atom. The van der Waals surface area contributed by atoms with E-state index in [9.17, 15) is 5.11 Å². The Kier molecular flexibility index (Phi) is 3.92. The van der Waals surface area contributed by atoms with E-state index in [2.05, 4.69) is 5.32 Å². The molecule has 0 aliphatic carbocycles. The Morgan fingerprint density at radius 1 is 1.53 bits per heavy atom. The van der Waals surface area contributed by atoms with Crippen LogP contribution in [0.15, 0.2) is 24.3 Å². The summed E-state index contributed by atoms with van der Waals surface area (Å²) in [7, 11) is 0. The predicted octanol–water partition coefficient (Wildman–Crippen LogP) is 2.54. The molecule has 0 radical (unpaired) electrons. The zero-order valence-corrected chi connectivity index (χ0v) is 10.7. The summed E-state index contributed by atoms with van der Waals surface area (Å²) < 4.78 is 5.39. The highest BCUT2D eigenvalue weighted by Gasteiger charge is 2.36. The summed E-state index contributed by atoms with van der Waals surface area (Å²) >= 11 is 6.12. The van der Waals surface area contributed by atoms with Gasteiger partial charge >= 0.3 is 0 Å². The maximum atomic E-state index is 9.64. The molecule has 2 unspecified atom stereocenters. The van der Waals surface area contributed by atoms with Crippen molar-refractivity contribution in [2.75, 3.05) is 25.1 Å². The van der Waals surface area contributed by atoms with E-state index >= 15 is 0 Å². The standard InChI is InChI=1S/C13H18ClNO2/c1-13(9-16,10-6-7-17-8-10)15-12-5-3-2-4-11(12)14/h2-5,10,15-16H,6-9H2,1H3. The van der Waals surface area contributed by atoms with E-state index < -0.39 is 0 Å². The van der Waals surface area contributed by atoms with Crippen LogP contribution >= 0.6 is 11.6 Å². The summed E-state index contributed by atoms with van der Waals surface area (Å²) in [6.45, 7) is 3.53. The molecule has 1 saturated heterocycles. The maximum absolute atomic E-state index is 9.64. The quantitative estimate of drug-likeness (QED) is 0.869. The number of benzene rings is 1. The second-order valence-corrected chi connectivity index (χ2v) is 5.15. The predicted molar refractivity (Wildman–Crippen MR) is 69.5 cm³/mol. The van der Waals surface area contributed by atoms with Gasteiger partial charge in [0.1, 0.15) is 0 Å². The zero-order chi connectivity index (χ0) is 12.3. The van der Waals surface area contributed by atoms with Crippen LogP contribution < -0.4 is 5.32 Å². The topological polar surface area (TPSA) is 41.5 Å². The first-order valence-electron chi connectivity index (χ1n) is 5.87. The molecule has 2 rings (SSSR count). The van der Waals surface area contributed by atoms with Crippen LogP contribution in [0.1, 0.15) is 13.3 Å². The van der Waals surface area contributed by atoms with Gasteiger partial charge in [-0.1, -0.05) is 23.7 Å². The third-order valence-corrected chi connectivity index (χ3v) is 3.78. The van der Waals surface area contributed by atoms with E-state index in [-0.39, 0.29) is 12.1 Å². The molecule has 2 N–H and O–H groups in total. The minimum atomic E-state index is -0.387. The highest BCUT2D eigenvalue weighted by molar-refractivity contribution is 6.33. The summed E-state index contributed by atoms with van der Waals surface area (Å²) in [5.41, 5.74) is 0.471. The van der Waals surface area contributed by atoms with Crippen molar-refractivity contribution in [2.24, 2.45) is 5.92 Å². The second-order valence-electron chi connectivity index (χ2n) is 4.74. The van der Waals surface area contributed by atoms with Gasteiger partial charge in [0.25, 0.3) is 0 Å². The Hall–Kier alpha value is -0.770. The van der Waals surface area contributed by atoms with Gasteiger partial charge in [-0.25, -0.2) is 0 Å². The normalized spacial score (nSPS) is 23.4. The minimum Gasteiger partial charge on any atom is -0.394 e. The fourth-order valence-electron chi connectivity index (χ4n) is 2.18. The van der Waals surface area contributed by atoms with E-state index in [0.29, 0.717) is 17.5 Å². The van der Waals surface area contributed by atoms with Crippen LogP contribution in [0.25, 0.3) is 0 Å². The monoisotopic (exact) mass is 255 g/mol. The van der Waals surface area contributed by atoms with E-state index in [1.54, 1.807) is 0 Å². The summed E-state index contributed by atoms with van der Waals surface area (Å²) in [6.07, 6.45) is 0.967. The summed E-state index contributed by atoms with van der Waals surface area (Å²) in [5, 5.41) is 13.7. The van der Waals surface area contributed by atoms with E-state index in [0.717, 1.165) is 18.7 Å². The Balaban J connectivity index is 2.16. The third kappa shape index (κ3) is 2.73. The molecule has 1 aliphatic heterocycles. The second kappa shape index (κ2) is 5.25. The van der Waals surface area contributed by atoms with Gasteiger partial charge in [-0.15, -0.1) is 0 Å². The van der Waals surface area contributed by atoms with Gasteiger partial charge < -0.3 is 15.2 Å². The van der Waals surface area contributed by atoms with Crippen LogP contribution in [0.4, 0.5) is 5.69 Å². The highest BCUT2D eigenvalue weighted by Crippen LogP contribution is 2.31. The molecule has 1 aromatic rings. The van der Waals surface area contributed by atoms with Crippen molar-refractivity contribution in [1.29, 1.82) is 0 Å². The van der Waals surface area contributed by atoms with Crippen molar-refractivity contribution in [2.45, 2.75) is 18.9 Å². The van der Waals surface area contributed by atoms with Crippen LogP contribution in [0, 0.1) is 5.92 Å². The molecule has 0 saturated carbocycles. The van der Waals surface area contributed by atoms with Gasteiger partial charge in [0.05, 0.1) is 29.5 Å². The first kappa shape index (κ1) is 12.7. The van der Waals surface area contributed by atoms with Gasteiger partial charge in [-0.3, -0.25) is 0 Å². The van der Waals surface area contributed by atoms with Gasteiger partial charge in [-0.2, -0.15) is 0 Å². The molecule has 0 spiro atoms. The van der Waals surface area contributed by atoms with E-state index in [1.807, 2.05) is 31.2 Å². The molecule has 1 heterocycles. The minimum absolute atomic E-state index is 0.0618. The fraction of sp³-hybridized carbons (Fsp3) is 0.538. The molecule has 1 aromatic carbocycles. The summed E-state index contributed by atoms with van der Waals surface area (Å²) in [6, 6.07) is 7.58. The smallest absolute Gasteiger partial charge is 0.0662 e. The molecular formula is C13H18ClNO2. The highest BCUT2D eigenvalue weighted by atomic mass is 35.5.